The molecule has 0 aliphatic carbocycles. The van der Waals surface area contributed by atoms with Crippen LogP contribution in [0.4, 0.5) is 35.9 Å². The van der Waals surface area contributed by atoms with Gasteiger partial charge in [-0.2, -0.15) is 13.2 Å². The number of hydrogen-bond acceptors (Lipinski definition) is 9. The van der Waals surface area contributed by atoms with Crippen molar-refractivity contribution in [3.05, 3.63) is 97.1 Å². The number of benzene rings is 4. The Balaban J connectivity index is 0.000000234. The van der Waals surface area contributed by atoms with Crippen LogP contribution in [0, 0.1) is 0 Å². The van der Waals surface area contributed by atoms with Gasteiger partial charge >= 0.3 is 27.9 Å². The van der Waals surface area contributed by atoms with Gasteiger partial charge in [-0.1, -0.05) is 0 Å². The third-order valence-electron chi connectivity index (χ3n) is 7.84. The number of anilines is 4. The molecule has 4 aromatic rings. The van der Waals surface area contributed by atoms with E-state index in [4.69, 9.17) is 56.4 Å². The van der Waals surface area contributed by atoms with Crippen molar-refractivity contribution in [2.24, 2.45) is 0 Å². The molecule has 2 heterocycles. The molecular weight excluding hydrogens is 849 g/mol. The second-order valence-electron chi connectivity index (χ2n) is 10.9. The minimum atomic E-state index is -6.09. The van der Waals surface area contributed by atoms with Crippen LogP contribution in [0.3, 0.4) is 0 Å². The second kappa shape index (κ2) is 19.3. The predicted molar refractivity (Wildman–Crippen MR) is 202 cm³/mol. The third kappa shape index (κ3) is 11.2. The zero-order valence-electron chi connectivity index (χ0n) is 28.9. The molecule has 0 radical (unpaired) electrons. The van der Waals surface area contributed by atoms with Gasteiger partial charge in [0.1, 0.15) is 23.0 Å². The Hall–Kier alpha value is -4.10. The third-order valence-corrected chi connectivity index (χ3v) is 9.29. The SMILES string of the molecule is COc1ccc(N2CCN(c3ccc(OC)cc3)C2=S)cc1.COc1ccc(N2CCN(c3ccc(OC)cc3)C2=S)cc1.O=S(=O)([O-])C(F)(F)F.[Ag+]. The maximum Gasteiger partial charge on any atom is 1.00 e. The van der Waals surface area contributed by atoms with Crippen LogP contribution in [-0.2, 0) is 32.5 Å². The normalized spacial score (nSPS) is 14.0. The summed E-state index contributed by atoms with van der Waals surface area (Å²) in [6, 6.07) is 31.9. The molecule has 4 aromatic carbocycles. The zero-order chi connectivity index (χ0) is 38.1. The molecule has 0 amide bonds. The molecule has 0 unspecified atom stereocenters. The average molecular weight is 886 g/mol. The standard InChI is InChI=1S/2C17H18N2O2S.CHF3O3S.Ag/c2*1-20-15-7-3-13(4-8-15)18-11-12-19(17(18)22)14-5-9-16(21-2)10-6-14;2-1(3,4)8(5,6)7;/h2*3-10H,11-12H2,1-2H3;(H,5,6,7);/q;;;+1/p-1. The van der Waals surface area contributed by atoms with Crippen molar-refractivity contribution in [3.8, 4) is 23.0 Å². The van der Waals surface area contributed by atoms with Crippen LogP contribution < -0.4 is 38.5 Å². The van der Waals surface area contributed by atoms with Crippen LogP contribution in [-0.4, -0.2) is 83.3 Å². The van der Waals surface area contributed by atoms with E-state index in [1.165, 1.54) is 0 Å². The number of alkyl halides is 3. The number of nitrogens with zero attached hydrogens (tertiary/aromatic N) is 4. The summed E-state index contributed by atoms with van der Waals surface area (Å²) in [6.07, 6.45) is 0. The van der Waals surface area contributed by atoms with Crippen LogP contribution in [0.15, 0.2) is 97.1 Å². The molecule has 0 aromatic heterocycles. The fourth-order valence-corrected chi connectivity index (χ4v) is 5.87. The number of methoxy groups -OCH3 is 4. The van der Waals surface area contributed by atoms with E-state index in [9.17, 15) is 13.2 Å². The Morgan fingerprint density at radius 1 is 0.509 bits per heavy atom. The quantitative estimate of drug-likeness (QED) is 0.0814. The number of rotatable bonds is 8. The Bertz CT molecular complexity index is 1670. The van der Waals surface area contributed by atoms with E-state index in [-0.39, 0.29) is 22.4 Å². The van der Waals surface area contributed by atoms with Gasteiger partial charge in [-0.05, 0) is 121 Å². The Kier molecular flexibility index (Phi) is 15.8. The molecule has 0 atom stereocenters. The first-order valence-electron chi connectivity index (χ1n) is 15.5. The van der Waals surface area contributed by atoms with Gasteiger partial charge in [0.25, 0.3) is 0 Å². The van der Waals surface area contributed by atoms with Crippen molar-refractivity contribution >= 4 is 67.5 Å². The summed E-state index contributed by atoms with van der Waals surface area (Å²) >= 11 is 11.3. The summed E-state index contributed by atoms with van der Waals surface area (Å²) < 4.78 is 79.7. The van der Waals surface area contributed by atoms with E-state index in [2.05, 4.69) is 19.6 Å². The first-order valence-corrected chi connectivity index (χ1v) is 17.7. The van der Waals surface area contributed by atoms with Gasteiger partial charge in [-0.15, -0.1) is 0 Å². The van der Waals surface area contributed by atoms with Crippen molar-refractivity contribution in [3.63, 3.8) is 0 Å². The maximum atomic E-state index is 10.7. The molecule has 0 saturated carbocycles. The minimum absolute atomic E-state index is 0. The van der Waals surface area contributed by atoms with E-state index >= 15 is 0 Å². The van der Waals surface area contributed by atoms with Crippen LogP contribution in [0.25, 0.3) is 0 Å². The number of thiocarbonyl (C=S) groups is 2. The van der Waals surface area contributed by atoms with Crippen LogP contribution in [0.5, 0.6) is 23.0 Å². The molecule has 18 heteroatoms. The van der Waals surface area contributed by atoms with Crippen molar-refractivity contribution in [2.75, 3.05) is 74.2 Å². The Morgan fingerprint density at radius 2 is 0.679 bits per heavy atom. The molecule has 11 nitrogen and oxygen atoms in total. The summed E-state index contributed by atoms with van der Waals surface area (Å²) in [7, 11) is 0.580. The van der Waals surface area contributed by atoms with E-state index in [0.29, 0.717) is 0 Å². The average Bonchev–Trinajstić information content (AvgIpc) is 3.73. The maximum absolute atomic E-state index is 10.7. The number of halogens is 3. The first-order chi connectivity index (χ1) is 24.7. The summed E-state index contributed by atoms with van der Waals surface area (Å²) in [4.78, 5) is 8.55. The van der Waals surface area contributed by atoms with Crippen molar-refractivity contribution in [1.82, 2.24) is 0 Å². The molecule has 2 saturated heterocycles. The van der Waals surface area contributed by atoms with E-state index in [0.717, 1.165) is 82.2 Å². The summed E-state index contributed by atoms with van der Waals surface area (Å²) in [5.74, 6) is 3.39. The predicted octanol–water partition coefficient (Wildman–Crippen LogP) is 6.68. The number of hydrogen-bond donors (Lipinski definition) is 0. The molecule has 0 bridgehead atoms. The molecule has 2 fully saturated rings. The molecule has 0 N–H and O–H groups in total. The van der Waals surface area contributed by atoms with Gasteiger partial charge in [-0.3, -0.25) is 0 Å². The van der Waals surface area contributed by atoms with Gasteiger partial charge in [0, 0.05) is 48.9 Å². The topological polar surface area (TPSA) is 107 Å². The Labute approximate surface area is 333 Å². The van der Waals surface area contributed by atoms with Gasteiger partial charge in [-0.25, -0.2) is 8.42 Å². The summed E-state index contributed by atoms with van der Waals surface area (Å²) in [5.41, 5.74) is -1.31. The molecule has 53 heavy (non-hydrogen) atoms. The molecule has 0 spiro atoms. The summed E-state index contributed by atoms with van der Waals surface area (Å²) in [5, 5.41) is 1.63. The smallest absolute Gasteiger partial charge is 0.741 e. The van der Waals surface area contributed by atoms with E-state index in [1.807, 2.05) is 97.1 Å². The molecule has 288 valence electrons. The zero-order valence-corrected chi connectivity index (χ0v) is 32.8. The second-order valence-corrected chi connectivity index (χ2v) is 13.0. The van der Waals surface area contributed by atoms with Gasteiger partial charge in [0.15, 0.2) is 20.3 Å². The van der Waals surface area contributed by atoms with Gasteiger partial charge in [0.05, 0.1) is 28.4 Å². The Morgan fingerprint density at radius 3 is 0.811 bits per heavy atom. The molecule has 2 aliphatic rings. The van der Waals surface area contributed by atoms with Crippen molar-refractivity contribution < 1.29 is 67.5 Å². The van der Waals surface area contributed by atoms with E-state index in [1.54, 1.807) is 28.4 Å². The van der Waals surface area contributed by atoms with E-state index < -0.39 is 15.6 Å². The van der Waals surface area contributed by atoms with Gasteiger partial charge in [0.2, 0.25) is 0 Å². The molecule has 6 rings (SSSR count). The number of ether oxygens (including phenoxy) is 4. The van der Waals surface area contributed by atoms with Crippen LogP contribution in [0.2, 0.25) is 0 Å². The first kappa shape index (κ1) is 43.3. The molecular formula is C35H36AgF3N4O7S3. The van der Waals surface area contributed by atoms with Crippen molar-refractivity contribution in [1.29, 1.82) is 0 Å². The minimum Gasteiger partial charge on any atom is -0.741 e. The largest absolute Gasteiger partial charge is 1.00 e. The fourth-order valence-electron chi connectivity index (χ4n) is 5.08. The molecule has 2 aliphatic heterocycles. The van der Waals surface area contributed by atoms with Crippen molar-refractivity contribution in [2.45, 2.75) is 5.51 Å². The van der Waals surface area contributed by atoms with Crippen LogP contribution >= 0.6 is 24.4 Å². The monoisotopic (exact) mass is 884 g/mol. The summed E-state index contributed by atoms with van der Waals surface area (Å²) in [6.45, 7) is 3.49. The van der Waals surface area contributed by atoms with Crippen LogP contribution in [0.1, 0.15) is 0 Å². The fraction of sp³-hybridized carbons (Fsp3) is 0.257. The van der Waals surface area contributed by atoms with Gasteiger partial charge < -0.3 is 43.1 Å².